The Morgan fingerprint density at radius 2 is 2.08 bits per heavy atom. The van der Waals surface area contributed by atoms with E-state index >= 15 is 0 Å². The summed E-state index contributed by atoms with van der Waals surface area (Å²) in [7, 11) is 0. The van der Waals surface area contributed by atoms with Gasteiger partial charge in [0.2, 0.25) is 5.24 Å². The minimum Gasteiger partial charge on any atom is -0.280 e. The summed E-state index contributed by atoms with van der Waals surface area (Å²) in [5.74, 6) is -0.358. The lowest BCUT2D eigenvalue weighted by molar-refractivity contribution is -0.115. The number of hydrogen-bond donors (Lipinski definition) is 0. The Kier molecular flexibility index (Phi) is 2.71. The normalized spacial score (nSPS) is 11.4. The molecule has 1 aromatic rings. The minimum absolute atomic E-state index is 0.358. The molecule has 70 valence electrons. The molecule has 0 saturated heterocycles. The van der Waals surface area contributed by atoms with Crippen molar-refractivity contribution >= 4 is 16.8 Å². The van der Waals surface area contributed by atoms with Gasteiger partial charge < -0.3 is 0 Å². The average Bonchev–Trinajstić information content (AvgIpc) is 2.04. The molecule has 0 spiro atoms. The third kappa shape index (κ3) is 2.07. The van der Waals surface area contributed by atoms with Crippen LogP contribution in [-0.4, -0.2) is 5.24 Å². The average molecular weight is 201 g/mol. The van der Waals surface area contributed by atoms with Gasteiger partial charge in [-0.3, -0.25) is 4.79 Å². The van der Waals surface area contributed by atoms with E-state index in [0.717, 1.165) is 0 Å². The van der Waals surface area contributed by atoms with Crippen molar-refractivity contribution in [1.29, 1.82) is 0 Å². The van der Waals surface area contributed by atoms with Crippen molar-refractivity contribution in [1.82, 2.24) is 0 Å². The Hall–Kier alpha value is -0.890. The second-order valence-electron chi connectivity index (χ2n) is 3.41. The van der Waals surface area contributed by atoms with Crippen molar-refractivity contribution in [2.75, 3.05) is 0 Å². The van der Waals surface area contributed by atoms with Gasteiger partial charge in [0.25, 0.3) is 0 Å². The van der Waals surface area contributed by atoms with Crippen LogP contribution in [-0.2, 0) is 10.2 Å². The van der Waals surface area contributed by atoms with Crippen LogP contribution in [0.3, 0.4) is 0 Å². The minimum atomic E-state index is -0.830. The molecule has 0 fully saturated rings. The monoisotopic (exact) mass is 200 g/mol. The fourth-order valence-corrected chi connectivity index (χ4v) is 1.10. The number of hydrogen-bond acceptors (Lipinski definition) is 1. The van der Waals surface area contributed by atoms with Crippen LogP contribution < -0.4 is 0 Å². The molecular formula is C10H10ClFO. The predicted octanol–water partition coefficient (Wildman–Crippen LogP) is 2.87. The number of halogens is 2. The van der Waals surface area contributed by atoms with Gasteiger partial charge in [-0.1, -0.05) is 12.1 Å². The zero-order valence-electron chi connectivity index (χ0n) is 7.47. The standard InChI is InChI=1S/C10H10ClFO/c1-10(2,9(11)13)7-4-3-5-8(12)6-7/h3-6H,1-2H3. The molecule has 0 unspecified atom stereocenters. The van der Waals surface area contributed by atoms with Gasteiger partial charge in [0.15, 0.2) is 0 Å². The first-order valence-corrected chi connectivity index (χ1v) is 4.28. The molecule has 0 aliphatic heterocycles. The second-order valence-corrected chi connectivity index (χ2v) is 3.75. The van der Waals surface area contributed by atoms with E-state index in [-0.39, 0.29) is 5.82 Å². The maximum absolute atomic E-state index is 12.8. The van der Waals surface area contributed by atoms with Crippen molar-refractivity contribution in [3.8, 4) is 0 Å². The maximum Gasteiger partial charge on any atom is 0.231 e. The summed E-state index contributed by atoms with van der Waals surface area (Å²) < 4.78 is 12.8. The lowest BCUT2D eigenvalue weighted by Gasteiger charge is -2.19. The van der Waals surface area contributed by atoms with E-state index in [2.05, 4.69) is 0 Å². The molecule has 1 aromatic carbocycles. The molecule has 1 rings (SSSR count). The lowest BCUT2D eigenvalue weighted by Crippen LogP contribution is -2.24. The number of carbonyl (C=O) groups excluding carboxylic acids is 1. The van der Waals surface area contributed by atoms with Crippen molar-refractivity contribution in [3.63, 3.8) is 0 Å². The smallest absolute Gasteiger partial charge is 0.231 e. The molecule has 0 atom stereocenters. The molecule has 0 radical (unpaired) electrons. The third-order valence-corrected chi connectivity index (χ3v) is 2.51. The number of benzene rings is 1. The van der Waals surface area contributed by atoms with Crippen LogP contribution in [0.2, 0.25) is 0 Å². The lowest BCUT2D eigenvalue weighted by atomic mass is 9.86. The largest absolute Gasteiger partial charge is 0.280 e. The van der Waals surface area contributed by atoms with Gasteiger partial charge in [-0.05, 0) is 43.1 Å². The Balaban J connectivity index is 3.14. The zero-order chi connectivity index (χ0) is 10.1. The van der Waals surface area contributed by atoms with Gasteiger partial charge >= 0.3 is 0 Å². The molecule has 0 saturated carbocycles. The summed E-state index contributed by atoms with van der Waals surface area (Å²) in [6.45, 7) is 3.33. The number of carbonyl (C=O) groups is 1. The highest BCUT2D eigenvalue weighted by Crippen LogP contribution is 2.26. The molecule has 13 heavy (non-hydrogen) atoms. The summed E-state index contributed by atoms with van der Waals surface area (Å²) in [5, 5.41) is -0.488. The van der Waals surface area contributed by atoms with E-state index < -0.39 is 10.7 Å². The van der Waals surface area contributed by atoms with Crippen LogP contribution in [0, 0.1) is 5.82 Å². The van der Waals surface area contributed by atoms with Crippen LogP contribution in [0.25, 0.3) is 0 Å². The van der Waals surface area contributed by atoms with E-state index in [4.69, 9.17) is 11.6 Å². The fraction of sp³-hybridized carbons (Fsp3) is 0.300. The van der Waals surface area contributed by atoms with Crippen LogP contribution in [0.15, 0.2) is 24.3 Å². The highest BCUT2D eigenvalue weighted by Gasteiger charge is 2.28. The van der Waals surface area contributed by atoms with Gasteiger partial charge in [-0.25, -0.2) is 4.39 Å². The summed E-state index contributed by atoms with van der Waals surface area (Å²) in [5.41, 5.74) is -0.239. The molecule has 0 aliphatic rings. The highest BCUT2D eigenvalue weighted by atomic mass is 35.5. The predicted molar refractivity (Wildman–Crippen MR) is 50.3 cm³/mol. The molecule has 0 amide bonds. The van der Waals surface area contributed by atoms with Gasteiger partial charge in [0.05, 0.1) is 5.41 Å². The van der Waals surface area contributed by atoms with Crippen LogP contribution >= 0.6 is 11.6 Å². The van der Waals surface area contributed by atoms with Crippen molar-refractivity contribution < 1.29 is 9.18 Å². The van der Waals surface area contributed by atoms with E-state index in [1.165, 1.54) is 12.1 Å². The van der Waals surface area contributed by atoms with Crippen LogP contribution in [0.5, 0.6) is 0 Å². The van der Waals surface area contributed by atoms with Crippen molar-refractivity contribution in [2.45, 2.75) is 19.3 Å². The quantitative estimate of drug-likeness (QED) is 0.671. The first-order valence-electron chi connectivity index (χ1n) is 3.90. The first kappa shape index (κ1) is 10.2. The molecule has 0 aromatic heterocycles. The van der Waals surface area contributed by atoms with Crippen LogP contribution in [0.1, 0.15) is 19.4 Å². The molecule has 0 heterocycles. The second kappa shape index (κ2) is 3.46. The molecular weight excluding hydrogens is 191 g/mol. The summed E-state index contributed by atoms with van der Waals surface area (Å²) in [4.78, 5) is 11.0. The molecule has 0 N–H and O–H groups in total. The van der Waals surface area contributed by atoms with E-state index in [1.54, 1.807) is 26.0 Å². The molecule has 1 nitrogen and oxygen atoms in total. The fourth-order valence-electron chi connectivity index (χ4n) is 0.991. The highest BCUT2D eigenvalue weighted by molar-refractivity contribution is 6.65. The molecule has 0 bridgehead atoms. The van der Waals surface area contributed by atoms with Gasteiger partial charge in [0.1, 0.15) is 5.82 Å². The van der Waals surface area contributed by atoms with E-state index in [1.807, 2.05) is 0 Å². The maximum atomic E-state index is 12.8. The van der Waals surface area contributed by atoms with Crippen LogP contribution in [0.4, 0.5) is 4.39 Å². The van der Waals surface area contributed by atoms with Gasteiger partial charge in [-0.15, -0.1) is 0 Å². The first-order chi connectivity index (χ1) is 5.94. The SMILES string of the molecule is CC(C)(C(=O)Cl)c1cccc(F)c1. The van der Waals surface area contributed by atoms with Crippen molar-refractivity contribution in [3.05, 3.63) is 35.6 Å². The summed E-state index contributed by atoms with van der Waals surface area (Å²) >= 11 is 5.39. The van der Waals surface area contributed by atoms with Gasteiger partial charge in [0, 0.05) is 0 Å². The zero-order valence-corrected chi connectivity index (χ0v) is 8.23. The number of rotatable bonds is 2. The van der Waals surface area contributed by atoms with E-state index in [9.17, 15) is 9.18 Å². The Morgan fingerprint density at radius 1 is 1.46 bits per heavy atom. The van der Waals surface area contributed by atoms with E-state index in [0.29, 0.717) is 5.56 Å². The Morgan fingerprint density at radius 3 is 2.54 bits per heavy atom. The molecule has 0 aliphatic carbocycles. The van der Waals surface area contributed by atoms with Crippen molar-refractivity contribution in [2.24, 2.45) is 0 Å². The van der Waals surface area contributed by atoms with Gasteiger partial charge in [-0.2, -0.15) is 0 Å². The molecule has 3 heteroatoms. The Bertz CT molecular complexity index is 333. The Labute approximate surface area is 81.5 Å². The summed E-state index contributed by atoms with van der Waals surface area (Å²) in [6, 6.07) is 5.90. The summed E-state index contributed by atoms with van der Waals surface area (Å²) in [6.07, 6.45) is 0. The topological polar surface area (TPSA) is 17.1 Å². The third-order valence-electron chi connectivity index (χ3n) is 2.04.